The SMILES string of the molecule is O=C1NCN(c2ncnc3nc[nH]c23)CN1. The summed E-state index contributed by atoms with van der Waals surface area (Å²) >= 11 is 0. The summed E-state index contributed by atoms with van der Waals surface area (Å²) in [5.41, 5.74) is 1.38. The van der Waals surface area contributed by atoms with E-state index in [9.17, 15) is 4.79 Å². The summed E-state index contributed by atoms with van der Waals surface area (Å²) in [4.78, 5) is 28.1. The quantitative estimate of drug-likeness (QED) is 0.594. The maximum absolute atomic E-state index is 11.0. The summed E-state index contributed by atoms with van der Waals surface area (Å²) in [5.74, 6) is 0.718. The van der Waals surface area contributed by atoms with Crippen LogP contribution in [0.25, 0.3) is 11.2 Å². The molecule has 1 aliphatic rings. The van der Waals surface area contributed by atoms with Gasteiger partial charge in [0.25, 0.3) is 0 Å². The van der Waals surface area contributed by atoms with Gasteiger partial charge in [-0.3, -0.25) is 0 Å². The second kappa shape index (κ2) is 3.33. The van der Waals surface area contributed by atoms with E-state index < -0.39 is 0 Å². The van der Waals surface area contributed by atoms with Gasteiger partial charge in [-0.05, 0) is 0 Å². The Labute approximate surface area is 90.1 Å². The van der Waals surface area contributed by atoms with Crippen molar-refractivity contribution in [3.63, 3.8) is 0 Å². The first-order valence-corrected chi connectivity index (χ1v) is 4.75. The Hall–Kier alpha value is -2.38. The molecule has 2 amide bonds. The Bertz CT molecular complexity index is 526. The minimum Gasteiger partial charge on any atom is -0.340 e. The van der Waals surface area contributed by atoms with Gasteiger partial charge in [-0.15, -0.1) is 0 Å². The third-order valence-corrected chi connectivity index (χ3v) is 2.36. The lowest BCUT2D eigenvalue weighted by Crippen LogP contribution is -2.54. The Balaban J connectivity index is 1.99. The predicted octanol–water partition coefficient (Wildman–Crippen LogP) is -0.613. The van der Waals surface area contributed by atoms with Crippen molar-refractivity contribution in [2.45, 2.75) is 0 Å². The number of fused-ring (bicyclic) bond motifs is 1. The number of amides is 2. The number of anilines is 1. The number of urea groups is 1. The fraction of sp³-hybridized carbons (Fsp3) is 0.250. The molecule has 8 nitrogen and oxygen atoms in total. The normalized spacial score (nSPS) is 16.0. The molecule has 1 aliphatic heterocycles. The van der Waals surface area contributed by atoms with Crippen molar-refractivity contribution in [2.75, 3.05) is 18.2 Å². The number of aromatic nitrogens is 4. The highest BCUT2D eigenvalue weighted by molar-refractivity contribution is 5.84. The molecule has 1 saturated heterocycles. The van der Waals surface area contributed by atoms with E-state index in [1.807, 2.05) is 4.90 Å². The number of rotatable bonds is 1. The van der Waals surface area contributed by atoms with Crippen LogP contribution in [0.4, 0.5) is 10.6 Å². The zero-order valence-electron chi connectivity index (χ0n) is 8.27. The van der Waals surface area contributed by atoms with Crippen LogP contribution in [-0.2, 0) is 0 Å². The molecule has 2 aromatic rings. The van der Waals surface area contributed by atoms with Crippen LogP contribution < -0.4 is 15.5 Å². The fourth-order valence-electron chi connectivity index (χ4n) is 1.59. The number of hydrogen-bond donors (Lipinski definition) is 3. The Morgan fingerprint density at radius 3 is 2.81 bits per heavy atom. The molecule has 0 atom stereocenters. The number of hydrogen-bond acceptors (Lipinski definition) is 5. The Morgan fingerprint density at radius 1 is 1.19 bits per heavy atom. The molecule has 0 aromatic carbocycles. The summed E-state index contributed by atoms with van der Waals surface area (Å²) in [6.45, 7) is 0.827. The average molecular weight is 219 g/mol. The summed E-state index contributed by atoms with van der Waals surface area (Å²) in [7, 11) is 0. The standard InChI is InChI=1S/C8H9N7O/c16-8-13-3-15(4-14-8)7-5-6(10-1-9-5)11-2-12-7/h1-2H,3-4H2,(H2,13,14,16)(H,9,10,11,12). The van der Waals surface area contributed by atoms with Crippen LogP contribution in [0.15, 0.2) is 12.7 Å². The molecule has 0 aliphatic carbocycles. The van der Waals surface area contributed by atoms with E-state index in [1.165, 1.54) is 6.33 Å². The Morgan fingerprint density at radius 2 is 2.00 bits per heavy atom. The van der Waals surface area contributed by atoms with Crippen LogP contribution in [-0.4, -0.2) is 39.3 Å². The molecule has 3 heterocycles. The van der Waals surface area contributed by atoms with E-state index in [1.54, 1.807) is 6.33 Å². The van der Waals surface area contributed by atoms with E-state index in [4.69, 9.17) is 0 Å². The van der Waals surface area contributed by atoms with E-state index in [2.05, 4.69) is 30.6 Å². The highest BCUT2D eigenvalue weighted by Gasteiger charge is 2.18. The van der Waals surface area contributed by atoms with Gasteiger partial charge in [-0.1, -0.05) is 0 Å². The molecule has 0 spiro atoms. The van der Waals surface area contributed by atoms with Gasteiger partial charge in [0.15, 0.2) is 11.5 Å². The number of carbonyl (C=O) groups is 1. The maximum Gasteiger partial charge on any atom is 0.317 e. The number of aromatic amines is 1. The first-order chi connectivity index (χ1) is 7.84. The van der Waals surface area contributed by atoms with Gasteiger partial charge in [0.1, 0.15) is 11.8 Å². The first kappa shape index (κ1) is 8.89. The predicted molar refractivity (Wildman–Crippen MR) is 55.6 cm³/mol. The number of nitrogens with one attached hydrogen (secondary N) is 3. The molecule has 0 saturated carbocycles. The first-order valence-electron chi connectivity index (χ1n) is 4.75. The van der Waals surface area contributed by atoms with Crippen LogP contribution in [0.1, 0.15) is 0 Å². The van der Waals surface area contributed by atoms with E-state index in [0.717, 1.165) is 11.3 Å². The van der Waals surface area contributed by atoms with Crippen LogP contribution >= 0.6 is 0 Å². The van der Waals surface area contributed by atoms with Crippen LogP contribution in [0.3, 0.4) is 0 Å². The maximum atomic E-state index is 11.0. The zero-order chi connectivity index (χ0) is 11.0. The minimum absolute atomic E-state index is 0.175. The van der Waals surface area contributed by atoms with Crippen molar-refractivity contribution < 1.29 is 4.79 Å². The zero-order valence-corrected chi connectivity index (χ0v) is 8.27. The molecule has 0 radical (unpaired) electrons. The largest absolute Gasteiger partial charge is 0.340 e. The van der Waals surface area contributed by atoms with E-state index in [0.29, 0.717) is 19.0 Å². The molecular formula is C8H9N7O. The minimum atomic E-state index is -0.175. The molecule has 8 heteroatoms. The third-order valence-electron chi connectivity index (χ3n) is 2.36. The highest BCUT2D eigenvalue weighted by atomic mass is 16.2. The average Bonchev–Trinajstić information content (AvgIpc) is 2.78. The summed E-state index contributed by atoms with van der Waals surface area (Å²) < 4.78 is 0. The Kier molecular flexibility index (Phi) is 1.85. The summed E-state index contributed by atoms with van der Waals surface area (Å²) in [6.07, 6.45) is 3.02. The van der Waals surface area contributed by atoms with Crippen LogP contribution in [0, 0.1) is 0 Å². The molecule has 3 rings (SSSR count). The fourth-order valence-corrected chi connectivity index (χ4v) is 1.59. The molecule has 2 aromatic heterocycles. The molecule has 82 valence electrons. The van der Waals surface area contributed by atoms with Gasteiger partial charge in [0.2, 0.25) is 0 Å². The second-order valence-electron chi connectivity index (χ2n) is 3.34. The lowest BCUT2D eigenvalue weighted by atomic mass is 10.4. The lowest BCUT2D eigenvalue weighted by Gasteiger charge is -2.28. The molecule has 0 bridgehead atoms. The number of H-pyrrole nitrogens is 1. The number of nitrogens with zero attached hydrogens (tertiary/aromatic N) is 4. The van der Waals surface area contributed by atoms with Crippen LogP contribution in [0.2, 0.25) is 0 Å². The van der Waals surface area contributed by atoms with Gasteiger partial charge >= 0.3 is 6.03 Å². The molecule has 3 N–H and O–H groups in total. The van der Waals surface area contributed by atoms with E-state index in [-0.39, 0.29) is 6.03 Å². The molecule has 16 heavy (non-hydrogen) atoms. The summed E-state index contributed by atoms with van der Waals surface area (Å²) in [5, 5.41) is 5.34. The number of imidazole rings is 1. The highest BCUT2D eigenvalue weighted by Crippen LogP contribution is 2.18. The van der Waals surface area contributed by atoms with Crippen molar-refractivity contribution in [3.8, 4) is 0 Å². The molecular weight excluding hydrogens is 210 g/mol. The van der Waals surface area contributed by atoms with Gasteiger partial charge in [0, 0.05) is 0 Å². The monoisotopic (exact) mass is 219 g/mol. The van der Waals surface area contributed by atoms with Gasteiger partial charge in [-0.25, -0.2) is 19.7 Å². The van der Waals surface area contributed by atoms with Crippen molar-refractivity contribution in [1.82, 2.24) is 30.6 Å². The second-order valence-corrected chi connectivity index (χ2v) is 3.34. The van der Waals surface area contributed by atoms with Crippen molar-refractivity contribution >= 4 is 23.0 Å². The smallest absolute Gasteiger partial charge is 0.317 e. The topological polar surface area (TPSA) is 98.8 Å². The van der Waals surface area contributed by atoms with Crippen molar-refractivity contribution in [3.05, 3.63) is 12.7 Å². The molecule has 0 unspecified atom stereocenters. The van der Waals surface area contributed by atoms with Gasteiger partial charge in [-0.2, -0.15) is 0 Å². The van der Waals surface area contributed by atoms with Crippen molar-refractivity contribution in [2.24, 2.45) is 0 Å². The summed E-state index contributed by atoms with van der Waals surface area (Å²) in [6, 6.07) is -0.175. The van der Waals surface area contributed by atoms with Crippen LogP contribution in [0.5, 0.6) is 0 Å². The van der Waals surface area contributed by atoms with Crippen molar-refractivity contribution in [1.29, 1.82) is 0 Å². The third kappa shape index (κ3) is 1.31. The lowest BCUT2D eigenvalue weighted by molar-refractivity contribution is 0.236. The number of carbonyl (C=O) groups excluding carboxylic acids is 1. The van der Waals surface area contributed by atoms with E-state index >= 15 is 0 Å². The molecule has 1 fully saturated rings. The van der Waals surface area contributed by atoms with Gasteiger partial charge in [0.05, 0.1) is 19.7 Å². The van der Waals surface area contributed by atoms with Gasteiger partial charge < -0.3 is 20.5 Å².